The van der Waals surface area contributed by atoms with E-state index < -0.39 is 14.9 Å². The number of likely N-dealkylation sites (N-methyl/N-ethyl adjacent to an activating group) is 1. The molecule has 2 rings (SSSR count). The Kier molecular flexibility index (Phi) is 4.78. The van der Waals surface area contributed by atoms with Crippen molar-refractivity contribution in [3.63, 3.8) is 0 Å². The summed E-state index contributed by atoms with van der Waals surface area (Å²) in [7, 11) is -0.308. The van der Waals surface area contributed by atoms with Crippen LogP contribution in [-0.4, -0.2) is 63.5 Å². The highest BCUT2D eigenvalue weighted by Crippen LogP contribution is 2.36. The van der Waals surface area contributed by atoms with E-state index in [1.807, 2.05) is 7.05 Å². The van der Waals surface area contributed by atoms with Gasteiger partial charge in [0.25, 0.3) is 10.0 Å². The van der Waals surface area contributed by atoms with Crippen LogP contribution in [-0.2, 0) is 10.0 Å². The summed E-state index contributed by atoms with van der Waals surface area (Å²) in [5, 5.41) is 15.4. The number of anilines is 1. The number of nitrogens with one attached hydrogen (secondary N) is 2. The Labute approximate surface area is 126 Å². The van der Waals surface area contributed by atoms with E-state index in [1.54, 1.807) is 5.01 Å². The third-order valence-electron chi connectivity index (χ3n) is 3.13. The van der Waals surface area contributed by atoms with E-state index in [1.165, 1.54) is 7.05 Å². The van der Waals surface area contributed by atoms with Crippen molar-refractivity contribution >= 4 is 32.0 Å². The fourth-order valence-electron chi connectivity index (χ4n) is 1.92. The number of hydrazine groups is 1. The van der Waals surface area contributed by atoms with Crippen LogP contribution in [0.2, 0.25) is 0 Å². The maximum atomic E-state index is 12.3. The van der Waals surface area contributed by atoms with Gasteiger partial charge in [-0.3, -0.25) is 10.1 Å². The van der Waals surface area contributed by atoms with Crippen LogP contribution in [0.5, 0.6) is 0 Å². The van der Waals surface area contributed by atoms with Crippen molar-refractivity contribution in [2.45, 2.75) is 4.21 Å². The zero-order chi connectivity index (χ0) is 15.6. The maximum Gasteiger partial charge on any atom is 0.304 e. The topological polar surface area (TPSA) is 108 Å². The number of nitro groups is 1. The van der Waals surface area contributed by atoms with Crippen LogP contribution in [0, 0.1) is 10.1 Å². The summed E-state index contributed by atoms with van der Waals surface area (Å²) in [6.07, 6.45) is 0. The fraction of sp³-hybridized carbons (Fsp3) is 0.600. The lowest BCUT2D eigenvalue weighted by molar-refractivity contribution is -0.383. The molecule has 9 nitrogen and oxygen atoms in total. The summed E-state index contributed by atoms with van der Waals surface area (Å²) in [6, 6.07) is 1.08. The molecule has 11 heteroatoms. The van der Waals surface area contributed by atoms with Crippen LogP contribution >= 0.6 is 11.3 Å². The summed E-state index contributed by atoms with van der Waals surface area (Å²) >= 11 is 0.844. The number of nitrogens with zero attached hydrogens (tertiary/aromatic N) is 3. The van der Waals surface area contributed by atoms with E-state index in [2.05, 4.69) is 15.0 Å². The van der Waals surface area contributed by atoms with Gasteiger partial charge < -0.3 is 10.2 Å². The van der Waals surface area contributed by atoms with E-state index in [9.17, 15) is 18.5 Å². The third kappa shape index (κ3) is 3.68. The molecule has 0 atom stereocenters. The number of sulfonamides is 1. The minimum Gasteiger partial charge on any atom is -0.374 e. The molecule has 0 bridgehead atoms. The van der Waals surface area contributed by atoms with Crippen molar-refractivity contribution in [2.24, 2.45) is 0 Å². The summed E-state index contributed by atoms with van der Waals surface area (Å²) in [5.74, 6) is 0. The van der Waals surface area contributed by atoms with Crippen molar-refractivity contribution in [1.29, 1.82) is 0 Å². The largest absolute Gasteiger partial charge is 0.374 e. The molecule has 0 aromatic carbocycles. The predicted octanol–water partition coefficient (Wildman–Crippen LogP) is 0.139. The van der Waals surface area contributed by atoms with Crippen molar-refractivity contribution < 1.29 is 13.3 Å². The smallest absolute Gasteiger partial charge is 0.304 e. The first-order valence-corrected chi connectivity index (χ1v) is 8.55. The molecule has 1 aromatic rings. The average Bonchev–Trinajstić information content (AvgIpc) is 2.86. The lowest BCUT2D eigenvalue weighted by Gasteiger charge is -2.31. The highest BCUT2D eigenvalue weighted by molar-refractivity contribution is 7.91. The monoisotopic (exact) mass is 335 g/mol. The van der Waals surface area contributed by atoms with Gasteiger partial charge >= 0.3 is 5.69 Å². The summed E-state index contributed by atoms with van der Waals surface area (Å²) in [6.45, 7) is 2.66. The van der Waals surface area contributed by atoms with Gasteiger partial charge in [-0.15, -0.1) is 4.83 Å². The quantitative estimate of drug-likeness (QED) is 0.582. The van der Waals surface area contributed by atoms with Gasteiger partial charge in [0.1, 0.15) is 4.21 Å². The Balaban J connectivity index is 2.18. The van der Waals surface area contributed by atoms with Crippen LogP contribution in [0.3, 0.4) is 0 Å². The van der Waals surface area contributed by atoms with Gasteiger partial charge in [-0.1, -0.05) is 11.3 Å². The lowest BCUT2D eigenvalue weighted by atomic mass is 10.4. The number of rotatable bonds is 5. The molecule has 118 valence electrons. The SMILES string of the molecule is CNc1sc(S(=O)(=O)NN2CCN(C)CC2)cc1[N+](=O)[O-]. The Morgan fingerprint density at radius 2 is 1.95 bits per heavy atom. The van der Waals surface area contributed by atoms with Crippen molar-refractivity contribution in [3.05, 3.63) is 16.2 Å². The number of thiophene rings is 1. The Morgan fingerprint density at radius 1 is 1.33 bits per heavy atom. The van der Waals surface area contributed by atoms with Gasteiger partial charge in [-0.05, 0) is 7.05 Å². The number of piperazine rings is 1. The molecule has 1 aliphatic heterocycles. The Bertz CT molecular complexity index is 621. The standard InChI is InChI=1S/C10H17N5O4S2/c1-11-10-8(15(16)17)7-9(20-10)21(18,19)12-14-5-3-13(2)4-6-14/h7,11-12H,3-6H2,1-2H3. The second-order valence-corrected chi connectivity index (χ2v) is 7.61. The van der Waals surface area contributed by atoms with Crippen molar-refractivity contribution in [1.82, 2.24) is 14.7 Å². The molecule has 0 aliphatic carbocycles. The number of hydrogen-bond acceptors (Lipinski definition) is 8. The highest BCUT2D eigenvalue weighted by Gasteiger charge is 2.28. The van der Waals surface area contributed by atoms with Crippen LogP contribution in [0.15, 0.2) is 10.3 Å². The molecule has 0 unspecified atom stereocenters. The van der Waals surface area contributed by atoms with Gasteiger partial charge in [0.05, 0.1) is 4.92 Å². The lowest BCUT2D eigenvalue weighted by Crippen LogP contribution is -2.52. The molecule has 0 spiro atoms. The first kappa shape index (κ1) is 16.1. The zero-order valence-electron chi connectivity index (χ0n) is 11.7. The van der Waals surface area contributed by atoms with Crippen LogP contribution in [0.4, 0.5) is 10.7 Å². The van der Waals surface area contributed by atoms with Gasteiger partial charge in [-0.25, -0.2) is 13.4 Å². The first-order chi connectivity index (χ1) is 9.83. The maximum absolute atomic E-state index is 12.3. The van der Waals surface area contributed by atoms with E-state index in [0.29, 0.717) is 13.1 Å². The molecule has 2 N–H and O–H groups in total. The molecular weight excluding hydrogens is 318 g/mol. The first-order valence-electron chi connectivity index (χ1n) is 6.25. The molecule has 1 fully saturated rings. The van der Waals surface area contributed by atoms with Gasteiger partial charge in [-0.2, -0.15) is 0 Å². The van der Waals surface area contributed by atoms with Crippen LogP contribution in [0.25, 0.3) is 0 Å². The molecule has 21 heavy (non-hydrogen) atoms. The predicted molar refractivity (Wildman–Crippen MR) is 79.9 cm³/mol. The average molecular weight is 335 g/mol. The van der Waals surface area contributed by atoms with Gasteiger partial charge in [0.15, 0.2) is 5.00 Å². The molecule has 0 saturated carbocycles. The minimum atomic E-state index is -3.79. The minimum absolute atomic E-state index is 0.0718. The molecular formula is C10H17N5O4S2. The van der Waals surface area contributed by atoms with E-state index >= 15 is 0 Å². The second-order valence-electron chi connectivity index (χ2n) is 4.67. The molecule has 0 amide bonds. The van der Waals surface area contributed by atoms with E-state index in [-0.39, 0.29) is 14.9 Å². The Morgan fingerprint density at radius 3 is 2.43 bits per heavy atom. The van der Waals surface area contributed by atoms with Crippen LogP contribution in [0.1, 0.15) is 0 Å². The van der Waals surface area contributed by atoms with Gasteiger partial charge in [0.2, 0.25) is 0 Å². The van der Waals surface area contributed by atoms with Crippen LogP contribution < -0.4 is 10.1 Å². The third-order valence-corrected chi connectivity index (χ3v) is 6.12. The van der Waals surface area contributed by atoms with Crippen molar-refractivity contribution in [3.8, 4) is 0 Å². The molecule has 0 radical (unpaired) electrons. The summed E-state index contributed by atoms with van der Waals surface area (Å²) < 4.78 is 24.5. The zero-order valence-corrected chi connectivity index (χ0v) is 13.3. The molecule has 2 heterocycles. The summed E-state index contributed by atoms with van der Waals surface area (Å²) in [4.78, 5) is 14.9. The normalized spacial score (nSPS) is 17.8. The van der Waals surface area contributed by atoms with Crippen molar-refractivity contribution in [2.75, 3.05) is 45.6 Å². The Hall–Kier alpha value is -1.27. The highest BCUT2D eigenvalue weighted by atomic mass is 32.2. The molecule has 1 aromatic heterocycles. The van der Waals surface area contributed by atoms with E-state index in [4.69, 9.17) is 0 Å². The fourth-order valence-corrected chi connectivity index (χ4v) is 4.31. The molecule has 1 aliphatic rings. The van der Waals surface area contributed by atoms with Gasteiger partial charge in [0, 0.05) is 39.3 Å². The number of hydrogen-bond donors (Lipinski definition) is 2. The second kappa shape index (κ2) is 6.23. The summed E-state index contributed by atoms with van der Waals surface area (Å²) in [5.41, 5.74) is -0.235. The van der Waals surface area contributed by atoms with E-state index in [0.717, 1.165) is 30.5 Å². The molecule has 1 saturated heterocycles.